The number of aliphatic hydroxyl groups is 1. The van der Waals surface area contributed by atoms with Gasteiger partial charge in [0, 0.05) is 17.8 Å². The second-order valence-electron chi connectivity index (χ2n) is 8.98. The summed E-state index contributed by atoms with van der Waals surface area (Å²) in [6.45, 7) is 0.122. The summed E-state index contributed by atoms with van der Waals surface area (Å²) in [4.78, 5) is 29.4. The summed E-state index contributed by atoms with van der Waals surface area (Å²) in [6, 6.07) is 26.5. The Bertz CT molecular complexity index is 1140. The summed E-state index contributed by atoms with van der Waals surface area (Å²) in [7, 11) is 0. The van der Waals surface area contributed by atoms with E-state index in [0.29, 0.717) is 5.56 Å². The first-order chi connectivity index (χ1) is 16.1. The third kappa shape index (κ3) is 3.72. The maximum absolute atomic E-state index is 13.8. The zero-order valence-corrected chi connectivity index (χ0v) is 18.5. The summed E-state index contributed by atoms with van der Waals surface area (Å²) in [6.07, 6.45) is 2.67. The lowest BCUT2D eigenvalue weighted by Crippen LogP contribution is -2.61. The van der Waals surface area contributed by atoms with Crippen molar-refractivity contribution in [2.45, 2.75) is 43.2 Å². The second kappa shape index (κ2) is 8.83. The lowest BCUT2D eigenvalue weighted by Gasteiger charge is -2.50. The minimum absolute atomic E-state index is 0.0490. The monoisotopic (exact) mass is 440 g/mol. The molecule has 168 valence electrons. The fourth-order valence-electron chi connectivity index (χ4n) is 5.61. The van der Waals surface area contributed by atoms with Gasteiger partial charge in [-0.3, -0.25) is 9.59 Å². The number of anilines is 1. The van der Waals surface area contributed by atoms with Gasteiger partial charge in [-0.05, 0) is 42.2 Å². The van der Waals surface area contributed by atoms with Crippen LogP contribution in [0.25, 0.3) is 0 Å². The number of nitrogens with one attached hydrogen (secondary N) is 1. The van der Waals surface area contributed by atoms with Crippen molar-refractivity contribution in [1.29, 1.82) is 0 Å². The zero-order valence-electron chi connectivity index (χ0n) is 18.5. The van der Waals surface area contributed by atoms with Crippen molar-refractivity contribution in [3.8, 4) is 0 Å². The molecule has 5 nitrogen and oxygen atoms in total. The van der Waals surface area contributed by atoms with Crippen molar-refractivity contribution in [1.82, 2.24) is 5.32 Å². The number of carbonyl (C=O) groups is 2. The summed E-state index contributed by atoms with van der Waals surface area (Å²) < 4.78 is 0. The van der Waals surface area contributed by atoms with Crippen molar-refractivity contribution >= 4 is 17.5 Å². The van der Waals surface area contributed by atoms with Crippen LogP contribution in [0.5, 0.6) is 0 Å². The Morgan fingerprint density at radius 2 is 1.55 bits per heavy atom. The van der Waals surface area contributed by atoms with E-state index in [1.165, 1.54) is 0 Å². The molecule has 1 aliphatic heterocycles. The predicted molar refractivity (Wildman–Crippen MR) is 128 cm³/mol. The molecule has 0 aromatic heterocycles. The number of rotatable bonds is 5. The van der Waals surface area contributed by atoms with Crippen LogP contribution in [0.3, 0.4) is 0 Å². The molecule has 1 fully saturated rings. The summed E-state index contributed by atoms with van der Waals surface area (Å²) in [5.41, 5.74) is 2.32. The highest BCUT2D eigenvalue weighted by molar-refractivity contribution is 6.12. The third-order valence-electron chi connectivity index (χ3n) is 7.09. The van der Waals surface area contributed by atoms with Crippen molar-refractivity contribution in [3.05, 3.63) is 102 Å². The maximum atomic E-state index is 13.8. The molecule has 5 heteroatoms. The SMILES string of the molecule is O=C(NC[C@H](O)c1ccccc1)[C@H]1c2ccccc2C(=O)N(c2ccccc2)C12CCCC2. The molecule has 2 atom stereocenters. The van der Waals surface area contributed by atoms with Crippen LogP contribution >= 0.6 is 0 Å². The number of para-hydroxylation sites is 1. The minimum Gasteiger partial charge on any atom is -0.387 e. The number of carbonyl (C=O) groups excluding carboxylic acids is 2. The molecule has 0 radical (unpaired) electrons. The van der Waals surface area contributed by atoms with Crippen molar-refractivity contribution in [2.75, 3.05) is 11.4 Å². The van der Waals surface area contributed by atoms with E-state index in [9.17, 15) is 14.7 Å². The van der Waals surface area contributed by atoms with Gasteiger partial charge in [-0.25, -0.2) is 0 Å². The van der Waals surface area contributed by atoms with E-state index < -0.39 is 17.6 Å². The van der Waals surface area contributed by atoms with Crippen molar-refractivity contribution in [3.63, 3.8) is 0 Å². The fraction of sp³-hybridized carbons (Fsp3) is 0.286. The van der Waals surface area contributed by atoms with Crippen LogP contribution in [-0.2, 0) is 4.79 Å². The molecule has 1 aliphatic carbocycles. The smallest absolute Gasteiger partial charge is 0.259 e. The number of aliphatic hydroxyl groups excluding tert-OH is 1. The van der Waals surface area contributed by atoms with Crippen LogP contribution in [-0.4, -0.2) is 29.0 Å². The molecule has 2 amide bonds. The predicted octanol–water partition coefficient (Wildman–Crippen LogP) is 4.59. The Labute approximate surface area is 194 Å². The van der Waals surface area contributed by atoms with Crippen LogP contribution < -0.4 is 10.2 Å². The molecule has 0 saturated heterocycles. The molecular formula is C28H28N2O3. The van der Waals surface area contributed by atoms with E-state index in [1.807, 2.05) is 89.8 Å². The lowest BCUT2D eigenvalue weighted by molar-refractivity contribution is -0.124. The normalized spacial score (nSPS) is 19.8. The molecule has 1 saturated carbocycles. The standard InChI is InChI=1S/C28H28N2O3/c31-24(20-11-3-1-4-12-20)19-29-26(32)25-22-15-7-8-16-23(22)27(33)30(21-13-5-2-6-14-21)28(25)17-9-10-18-28/h1-8,11-16,24-25,31H,9-10,17-19H2,(H,29,32)/t24-,25+/m0/s1. The Morgan fingerprint density at radius 1 is 0.939 bits per heavy atom. The zero-order chi connectivity index (χ0) is 22.8. The van der Waals surface area contributed by atoms with Crippen LogP contribution in [0.15, 0.2) is 84.9 Å². The molecule has 5 rings (SSSR count). The molecule has 3 aromatic rings. The lowest BCUT2D eigenvalue weighted by atomic mass is 9.70. The molecule has 2 aliphatic rings. The quantitative estimate of drug-likeness (QED) is 0.610. The molecule has 2 N–H and O–H groups in total. The first kappa shape index (κ1) is 21.4. The first-order valence-electron chi connectivity index (χ1n) is 11.6. The molecule has 33 heavy (non-hydrogen) atoms. The molecular weight excluding hydrogens is 412 g/mol. The van der Waals surface area contributed by atoms with Gasteiger partial charge in [-0.1, -0.05) is 79.6 Å². The van der Waals surface area contributed by atoms with E-state index in [4.69, 9.17) is 0 Å². The van der Waals surface area contributed by atoms with Gasteiger partial charge in [-0.2, -0.15) is 0 Å². The molecule has 0 unspecified atom stereocenters. The highest BCUT2D eigenvalue weighted by Gasteiger charge is 2.56. The summed E-state index contributed by atoms with van der Waals surface area (Å²) >= 11 is 0. The fourth-order valence-corrected chi connectivity index (χ4v) is 5.61. The average Bonchev–Trinajstić information content (AvgIpc) is 3.33. The molecule has 1 spiro atoms. The number of fused-ring (bicyclic) bond motifs is 1. The van der Waals surface area contributed by atoms with Crippen LogP contribution in [0, 0.1) is 0 Å². The van der Waals surface area contributed by atoms with E-state index in [1.54, 1.807) is 0 Å². The average molecular weight is 441 g/mol. The van der Waals surface area contributed by atoms with Gasteiger partial charge in [0.2, 0.25) is 5.91 Å². The van der Waals surface area contributed by atoms with E-state index in [2.05, 4.69) is 5.32 Å². The maximum Gasteiger partial charge on any atom is 0.259 e. The Hall–Kier alpha value is -3.44. The van der Waals surface area contributed by atoms with Gasteiger partial charge in [0.1, 0.15) is 0 Å². The van der Waals surface area contributed by atoms with Crippen LogP contribution in [0.4, 0.5) is 5.69 Å². The number of amides is 2. The van der Waals surface area contributed by atoms with E-state index in [0.717, 1.165) is 42.5 Å². The molecule has 1 heterocycles. The van der Waals surface area contributed by atoms with E-state index >= 15 is 0 Å². The van der Waals surface area contributed by atoms with Gasteiger partial charge in [0.05, 0.1) is 17.6 Å². The summed E-state index contributed by atoms with van der Waals surface area (Å²) in [5.74, 6) is -0.697. The van der Waals surface area contributed by atoms with Gasteiger partial charge >= 0.3 is 0 Å². The van der Waals surface area contributed by atoms with Crippen molar-refractivity contribution in [2.24, 2.45) is 0 Å². The summed E-state index contributed by atoms with van der Waals surface area (Å²) in [5, 5.41) is 13.6. The first-order valence-corrected chi connectivity index (χ1v) is 11.6. The number of nitrogens with zero attached hydrogens (tertiary/aromatic N) is 1. The molecule has 3 aromatic carbocycles. The van der Waals surface area contributed by atoms with E-state index in [-0.39, 0.29) is 18.4 Å². The highest BCUT2D eigenvalue weighted by atomic mass is 16.3. The van der Waals surface area contributed by atoms with Gasteiger partial charge in [0.15, 0.2) is 0 Å². The Kier molecular flexibility index (Phi) is 5.73. The Balaban J connectivity index is 1.53. The molecule has 0 bridgehead atoms. The third-order valence-corrected chi connectivity index (χ3v) is 7.09. The van der Waals surface area contributed by atoms with Gasteiger partial charge in [0.25, 0.3) is 5.91 Å². The largest absolute Gasteiger partial charge is 0.387 e. The highest BCUT2D eigenvalue weighted by Crippen LogP contribution is 2.51. The number of benzene rings is 3. The second-order valence-corrected chi connectivity index (χ2v) is 8.98. The van der Waals surface area contributed by atoms with Gasteiger partial charge in [-0.15, -0.1) is 0 Å². The minimum atomic E-state index is -0.791. The number of hydrogen-bond donors (Lipinski definition) is 2. The van der Waals surface area contributed by atoms with Crippen molar-refractivity contribution < 1.29 is 14.7 Å². The van der Waals surface area contributed by atoms with Crippen LogP contribution in [0.1, 0.15) is 59.2 Å². The van der Waals surface area contributed by atoms with Crippen LogP contribution in [0.2, 0.25) is 0 Å². The van der Waals surface area contributed by atoms with Gasteiger partial charge < -0.3 is 15.3 Å². The number of hydrogen-bond acceptors (Lipinski definition) is 3. The Morgan fingerprint density at radius 3 is 2.24 bits per heavy atom. The topological polar surface area (TPSA) is 69.6 Å².